The molecule has 4 rings (SSSR count). The van der Waals surface area contributed by atoms with Crippen molar-refractivity contribution >= 4 is 5.97 Å². The van der Waals surface area contributed by atoms with Crippen LogP contribution in [0.2, 0.25) is 0 Å². The van der Waals surface area contributed by atoms with Gasteiger partial charge in [-0.15, -0.1) is 0 Å². The number of pyridine rings is 1. The molecule has 21 heavy (non-hydrogen) atoms. The third-order valence-electron chi connectivity index (χ3n) is 2.89. The van der Waals surface area contributed by atoms with Crippen LogP contribution in [0, 0.1) is 0 Å². The highest BCUT2D eigenvalue weighted by atomic mass is 16.5. The van der Waals surface area contributed by atoms with E-state index in [1.165, 1.54) is 11.1 Å². The first-order valence-corrected chi connectivity index (χ1v) is 7.06. The van der Waals surface area contributed by atoms with Crippen molar-refractivity contribution in [3.8, 4) is 5.75 Å². The fraction of sp³-hybridized carbons (Fsp3) is 0.294. The molecule has 0 saturated carbocycles. The van der Waals surface area contributed by atoms with Crippen molar-refractivity contribution in [2.24, 2.45) is 0 Å². The van der Waals surface area contributed by atoms with Gasteiger partial charge < -0.3 is 9.47 Å². The molecular weight excluding hydrogens is 266 g/mol. The minimum atomic E-state index is -0.367. The topological polar surface area (TPSA) is 48.4 Å². The van der Waals surface area contributed by atoms with Crippen LogP contribution in [0.25, 0.3) is 0 Å². The minimum absolute atomic E-state index is 0.356. The summed E-state index contributed by atoms with van der Waals surface area (Å²) in [6.07, 6.45) is 2.71. The van der Waals surface area contributed by atoms with Gasteiger partial charge >= 0.3 is 5.97 Å². The van der Waals surface area contributed by atoms with E-state index in [2.05, 4.69) is 23.2 Å². The number of carbonyl (C=O) groups is 1. The first kappa shape index (κ1) is 15.0. The molecule has 1 aromatic heterocycles. The van der Waals surface area contributed by atoms with Gasteiger partial charge in [0, 0.05) is 6.20 Å². The summed E-state index contributed by atoms with van der Waals surface area (Å²) in [4.78, 5) is 14.8. The maximum atomic E-state index is 11.0. The summed E-state index contributed by atoms with van der Waals surface area (Å²) in [5.74, 6) is 0.661. The molecule has 4 heteroatoms. The first-order chi connectivity index (χ1) is 10.2. The zero-order chi connectivity index (χ0) is 15.1. The van der Waals surface area contributed by atoms with Crippen LogP contribution < -0.4 is 4.74 Å². The highest BCUT2D eigenvalue weighted by molar-refractivity contribution is 5.86. The number of hydrogen-bond acceptors (Lipinski definition) is 4. The van der Waals surface area contributed by atoms with Gasteiger partial charge in [0.2, 0.25) is 0 Å². The molecule has 2 aliphatic rings. The van der Waals surface area contributed by atoms with Gasteiger partial charge in [0.05, 0.1) is 13.2 Å². The molecule has 110 valence electrons. The van der Waals surface area contributed by atoms with Gasteiger partial charge in [-0.3, -0.25) is 0 Å². The monoisotopic (exact) mass is 285 g/mol. The van der Waals surface area contributed by atoms with Crippen molar-refractivity contribution in [3.05, 3.63) is 59.4 Å². The zero-order valence-electron chi connectivity index (χ0n) is 12.3. The van der Waals surface area contributed by atoms with Gasteiger partial charge in [0.25, 0.3) is 0 Å². The Balaban J connectivity index is 0.000000154. The average Bonchev–Trinajstić information content (AvgIpc) is 2.49. The Labute approximate surface area is 124 Å². The largest absolute Gasteiger partial charge is 0.494 e. The molecule has 0 saturated heterocycles. The van der Waals surface area contributed by atoms with Crippen LogP contribution in [0.4, 0.5) is 0 Å². The second-order valence-corrected chi connectivity index (χ2v) is 4.53. The number of carbonyl (C=O) groups excluding carboxylic acids is 1. The highest BCUT2D eigenvalue weighted by Gasteiger charge is 2.10. The zero-order valence-corrected chi connectivity index (χ0v) is 12.3. The van der Waals surface area contributed by atoms with Crippen LogP contribution in [-0.2, 0) is 11.2 Å². The Kier molecular flexibility index (Phi) is 5.32. The molecule has 2 bridgehead atoms. The number of aromatic nitrogens is 1. The normalized spacial score (nSPS) is 10.8. The lowest BCUT2D eigenvalue weighted by atomic mass is 9.93. The standard InChI is InChI=1S/C9H10O.C8H9NO2/c1-2-10-9-5-7-3-8(4-7)6-9;1-2-11-8(10)7-5-3-4-6-9-7/h3,5-6H,2,4H2,1H3;3-6H,2H2,1H3. The molecule has 0 unspecified atom stereocenters. The van der Waals surface area contributed by atoms with E-state index in [0.29, 0.717) is 12.3 Å². The average molecular weight is 285 g/mol. The smallest absolute Gasteiger partial charge is 0.356 e. The fourth-order valence-electron chi connectivity index (χ4n) is 1.98. The lowest BCUT2D eigenvalue weighted by Gasteiger charge is -2.16. The number of fused-ring (bicyclic) bond motifs is 2. The van der Waals surface area contributed by atoms with Crippen LogP contribution in [-0.4, -0.2) is 24.2 Å². The van der Waals surface area contributed by atoms with Crippen LogP contribution >= 0.6 is 0 Å². The second-order valence-electron chi connectivity index (χ2n) is 4.53. The van der Waals surface area contributed by atoms with E-state index in [1.807, 2.05) is 6.92 Å². The third-order valence-corrected chi connectivity index (χ3v) is 2.89. The Hall–Kier alpha value is -2.36. The summed E-state index contributed by atoms with van der Waals surface area (Å²) in [6, 6.07) is 11.5. The number of benzene rings is 1. The predicted octanol–water partition coefficient (Wildman–Crippen LogP) is 3.25. The maximum absolute atomic E-state index is 11.0. The van der Waals surface area contributed by atoms with Gasteiger partial charge in [0.1, 0.15) is 11.4 Å². The molecule has 0 aliphatic heterocycles. The van der Waals surface area contributed by atoms with E-state index in [0.717, 1.165) is 18.8 Å². The van der Waals surface area contributed by atoms with Crippen molar-refractivity contribution in [1.29, 1.82) is 0 Å². The number of esters is 1. The summed E-state index contributed by atoms with van der Waals surface area (Å²) in [6.45, 7) is 4.92. The molecule has 0 amide bonds. The van der Waals surface area contributed by atoms with Gasteiger partial charge in [0.15, 0.2) is 0 Å². The molecule has 0 fully saturated rings. The van der Waals surface area contributed by atoms with Crippen LogP contribution in [0.3, 0.4) is 0 Å². The Bertz CT molecular complexity index is 576. The maximum Gasteiger partial charge on any atom is 0.356 e. The molecule has 1 heterocycles. The Morgan fingerprint density at radius 1 is 1.14 bits per heavy atom. The van der Waals surface area contributed by atoms with Crippen molar-refractivity contribution in [2.45, 2.75) is 20.3 Å². The third kappa shape index (κ3) is 4.31. The van der Waals surface area contributed by atoms with Crippen molar-refractivity contribution in [2.75, 3.05) is 13.2 Å². The highest BCUT2D eigenvalue weighted by Crippen LogP contribution is 2.27. The molecule has 2 aromatic rings. The van der Waals surface area contributed by atoms with Crippen molar-refractivity contribution in [3.63, 3.8) is 0 Å². The van der Waals surface area contributed by atoms with Crippen molar-refractivity contribution in [1.82, 2.24) is 4.98 Å². The first-order valence-electron chi connectivity index (χ1n) is 7.06. The van der Waals surface area contributed by atoms with E-state index >= 15 is 0 Å². The summed E-state index contributed by atoms with van der Waals surface area (Å²) in [5, 5.41) is 0. The van der Waals surface area contributed by atoms with Crippen LogP contribution in [0.15, 0.2) is 42.6 Å². The summed E-state index contributed by atoms with van der Waals surface area (Å²) in [7, 11) is 0. The number of nitrogens with zero attached hydrogens (tertiary/aromatic N) is 1. The van der Waals surface area contributed by atoms with Crippen LogP contribution in [0.1, 0.15) is 35.5 Å². The van der Waals surface area contributed by atoms with E-state index in [-0.39, 0.29) is 5.97 Å². The van der Waals surface area contributed by atoms with Crippen molar-refractivity contribution < 1.29 is 14.3 Å². The molecule has 2 aliphatic carbocycles. The summed E-state index contributed by atoms with van der Waals surface area (Å²) in [5.41, 5.74) is 3.16. The molecule has 0 radical (unpaired) electrons. The van der Waals surface area contributed by atoms with Gasteiger partial charge in [-0.25, -0.2) is 9.78 Å². The van der Waals surface area contributed by atoms with E-state index in [9.17, 15) is 4.79 Å². The number of rotatable bonds is 4. The van der Waals surface area contributed by atoms with E-state index in [1.54, 1.807) is 31.3 Å². The molecule has 0 spiro atoms. The number of hydrogen-bond donors (Lipinski definition) is 0. The fourth-order valence-corrected chi connectivity index (χ4v) is 1.98. The Morgan fingerprint density at radius 3 is 2.38 bits per heavy atom. The van der Waals surface area contributed by atoms with Gasteiger partial charge in [-0.2, -0.15) is 0 Å². The molecule has 0 N–H and O–H groups in total. The summed E-state index contributed by atoms with van der Waals surface area (Å²) < 4.78 is 10.1. The molecule has 0 atom stereocenters. The predicted molar refractivity (Wildman–Crippen MR) is 80.6 cm³/mol. The molecular formula is C17H19NO3. The number of ether oxygens (including phenoxy) is 2. The Morgan fingerprint density at radius 2 is 1.86 bits per heavy atom. The quantitative estimate of drug-likeness (QED) is 0.690. The van der Waals surface area contributed by atoms with Gasteiger partial charge in [-0.05, 0) is 55.7 Å². The van der Waals surface area contributed by atoms with Crippen LogP contribution in [0.5, 0.6) is 5.75 Å². The lowest BCUT2D eigenvalue weighted by molar-refractivity contribution is 0.0519. The summed E-state index contributed by atoms with van der Waals surface area (Å²) >= 11 is 0. The second kappa shape index (κ2) is 7.43. The molecule has 1 aromatic carbocycles. The molecule has 4 nitrogen and oxygen atoms in total. The lowest BCUT2D eigenvalue weighted by Crippen LogP contribution is -2.05. The minimum Gasteiger partial charge on any atom is -0.494 e. The van der Waals surface area contributed by atoms with E-state index in [4.69, 9.17) is 9.47 Å². The van der Waals surface area contributed by atoms with Gasteiger partial charge in [-0.1, -0.05) is 12.1 Å². The van der Waals surface area contributed by atoms with E-state index < -0.39 is 0 Å². The SMILES string of the molecule is CCOC(=O)c1ccccn1.CCOc1cc2cc(c1)C2.